The average molecular weight is 289 g/mol. The normalized spacial score (nSPS) is 14.9. The van der Waals surface area contributed by atoms with Gasteiger partial charge in [-0.05, 0) is 17.7 Å². The topological polar surface area (TPSA) is 118 Å². The average Bonchev–Trinajstić information content (AvgIpc) is 2.39. The van der Waals surface area contributed by atoms with E-state index in [1.807, 2.05) is 0 Å². The summed E-state index contributed by atoms with van der Waals surface area (Å²) >= 11 is 0. The SMILES string of the molecule is CCS(=O)(=O)[C@@H](CO)[C@@H](O)c1ccc([N+](=O)[O-])cc1. The number of nitro groups is 1. The molecular formula is C11H15NO6S. The van der Waals surface area contributed by atoms with E-state index in [0.717, 1.165) is 0 Å². The summed E-state index contributed by atoms with van der Waals surface area (Å²) in [4.78, 5) is 9.89. The third-order valence-electron chi connectivity index (χ3n) is 2.84. The highest BCUT2D eigenvalue weighted by Gasteiger charge is 2.31. The predicted molar refractivity (Wildman–Crippen MR) is 68.4 cm³/mol. The number of rotatable bonds is 6. The van der Waals surface area contributed by atoms with E-state index in [0.29, 0.717) is 0 Å². The van der Waals surface area contributed by atoms with E-state index in [9.17, 15) is 23.6 Å². The number of hydrogen-bond acceptors (Lipinski definition) is 6. The number of hydrogen-bond donors (Lipinski definition) is 2. The van der Waals surface area contributed by atoms with Crippen LogP contribution < -0.4 is 0 Å². The molecule has 1 aromatic rings. The zero-order chi connectivity index (χ0) is 14.6. The molecule has 0 aliphatic heterocycles. The summed E-state index contributed by atoms with van der Waals surface area (Å²) in [5.74, 6) is -0.206. The molecule has 0 aromatic heterocycles. The standard InChI is InChI=1S/C11H15NO6S/c1-2-19(17,18)10(7-13)11(14)8-3-5-9(6-4-8)12(15)16/h3-6,10-11,13-14H,2,7H2,1H3/t10-,11-/m0/s1. The number of non-ortho nitro benzene ring substituents is 1. The minimum absolute atomic E-state index is 0.158. The molecule has 0 saturated heterocycles. The molecule has 0 radical (unpaired) electrons. The van der Waals surface area contributed by atoms with Gasteiger partial charge in [0, 0.05) is 17.9 Å². The van der Waals surface area contributed by atoms with E-state index in [2.05, 4.69) is 0 Å². The molecule has 0 aliphatic carbocycles. The van der Waals surface area contributed by atoms with E-state index in [-0.39, 0.29) is 17.0 Å². The molecule has 106 valence electrons. The fourth-order valence-electron chi connectivity index (χ4n) is 1.63. The van der Waals surface area contributed by atoms with Gasteiger partial charge in [-0.1, -0.05) is 6.92 Å². The van der Waals surface area contributed by atoms with Crippen LogP contribution >= 0.6 is 0 Å². The van der Waals surface area contributed by atoms with Gasteiger partial charge in [-0.15, -0.1) is 0 Å². The van der Waals surface area contributed by atoms with Crippen molar-refractivity contribution in [1.82, 2.24) is 0 Å². The number of nitro benzene ring substituents is 1. The lowest BCUT2D eigenvalue weighted by molar-refractivity contribution is -0.384. The van der Waals surface area contributed by atoms with Gasteiger partial charge in [0.25, 0.3) is 5.69 Å². The maximum atomic E-state index is 11.7. The molecule has 0 saturated carbocycles. The first-order valence-electron chi connectivity index (χ1n) is 5.58. The largest absolute Gasteiger partial charge is 0.395 e. The van der Waals surface area contributed by atoms with Gasteiger partial charge < -0.3 is 10.2 Å². The molecule has 0 amide bonds. The summed E-state index contributed by atoms with van der Waals surface area (Å²) in [6.07, 6.45) is -1.42. The summed E-state index contributed by atoms with van der Waals surface area (Å²) in [6.45, 7) is 0.703. The van der Waals surface area contributed by atoms with Crippen molar-refractivity contribution < 1.29 is 23.6 Å². The number of nitrogens with zero attached hydrogens (tertiary/aromatic N) is 1. The number of aliphatic hydroxyl groups is 2. The molecule has 0 spiro atoms. The fraction of sp³-hybridized carbons (Fsp3) is 0.455. The zero-order valence-corrected chi connectivity index (χ0v) is 11.1. The van der Waals surface area contributed by atoms with Crippen molar-refractivity contribution in [1.29, 1.82) is 0 Å². The summed E-state index contributed by atoms with van der Waals surface area (Å²) in [5, 5.41) is 28.2. The molecule has 19 heavy (non-hydrogen) atoms. The van der Waals surface area contributed by atoms with Crippen LogP contribution in [-0.2, 0) is 9.84 Å². The van der Waals surface area contributed by atoms with E-state index in [1.165, 1.54) is 31.2 Å². The summed E-state index contributed by atoms with van der Waals surface area (Å²) in [6, 6.07) is 4.89. The second kappa shape index (κ2) is 6.09. The van der Waals surface area contributed by atoms with Crippen molar-refractivity contribution in [3.8, 4) is 0 Å². The highest BCUT2D eigenvalue weighted by Crippen LogP contribution is 2.24. The summed E-state index contributed by atoms with van der Waals surface area (Å²) in [5.41, 5.74) is 0.0523. The van der Waals surface area contributed by atoms with Crippen molar-refractivity contribution in [2.75, 3.05) is 12.4 Å². The van der Waals surface area contributed by atoms with Crippen LogP contribution in [0.15, 0.2) is 24.3 Å². The lowest BCUT2D eigenvalue weighted by atomic mass is 10.1. The monoisotopic (exact) mass is 289 g/mol. The molecule has 0 aliphatic rings. The molecule has 1 rings (SSSR count). The van der Waals surface area contributed by atoms with Gasteiger partial charge in [-0.25, -0.2) is 8.42 Å². The summed E-state index contributed by atoms with van der Waals surface area (Å²) in [7, 11) is -3.62. The van der Waals surface area contributed by atoms with Crippen LogP contribution in [0.5, 0.6) is 0 Å². The van der Waals surface area contributed by atoms with Gasteiger partial charge in [0.1, 0.15) is 5.25 Å². The third-order valence-corrected chi connectivity index (χ3v) is 4.98. The molecule has 8 heteroatoms. The van der Waals surface area contributed by atoms with E-state index < -0.39 is 32.7 Å². The van der Waals surface area contributed by atoms with Gasteiger partial charge >= 0.3 is 0 Å². The Bertz CT molecular complexity index is 539. The van der Waals surface area contributed by atoms with E-state index in [1.54, 1.807) is 0 Å². The Balaban J connectivity index is 3.04. The predicted octanol–water partition coefficient (Wildman–Crippen LogP) is 0.424. The molecule has 0 heterocycles. The lowest BCUT2D eigenvalue weighted by Gasteiger charge is -2.20. The van der Waals surface area contributed by atoms with Crippen LogP contribution in [0.1, 0.15) is 18.6 Å². The Morgan fingerprint density at radius 1 is 1.32 bits per heavy atom. The Morgan fingerprint density at radius 3 is 2.21 bits per heavy atom. The van der Waals surface area contributed by atoms with Crippen molar-refractivity contribution >= 4 is 15.5 Å². The molecular weight excluding hydrogens is 274 g/mol. The van der Waals surface area contributed by atoms with Crippen molar-refractivity contribution in [3.05, 3.63) is 39.9 Å². The number of benzene rings is 1. The van der Waals surface area contributed by atoms with Crippen molar-refractivity contribution in [3.63, 3.8) is 0 Å². The van der Waals surface area contributed by atoms with Crippen LogP contribution in [0.25, 0.3) is 0 Å². The molecule has 0 bridgehead atoms. The zero-order valence-electron chi connectivity index (χ0n) is 10.3. The molecule has 1 aromatic carbocycles. The van der Waals surface area contributed by atoms with Gasteiger partial charge in [-0.2, -0.15) is 0 Å². The maximum absolute atomic E-state index is 11.7. The molecule has 0 fully saturated rings. The third kappa shape index (κ3) is 3.49. The van der Waals surface area contributed by atoms with Crippen LogP contribution in [0.4, 0.5) is 5.69 Å². The fourth-order valence-corrected chi connectivity index (χ4v) is 2.84. The van der Waals surface area contributed by atoms with Gasteiger partial charge in [-0.3, -0.25) is 10.1 Å². The second-order valence-corrected chi connectivity index (χ2v) is 6.47. The van der Waals surface area contributed by atoms with E-state index >= 15 is 0 Å². The first-order valence-corrected chi connectivity index (χ1v) is 7.30. The smallest absolute Gasteiger partial charge is 0.269 e. The maximum Gasteiger partial charge on any atom is 0.269 e. The molecule has 0 unspecified atom stereocenters. The summed E-state index contributed by atoms with van der Waals surface area (Å²) < 4.78 is 23.4. The Labute approximate surface area is 110 Å². The molecule has 2 N–H and O–H groups in total. The first-order chi connectivity index (χ1) is 8.83. The first kappa shape index (κ1) is 15.5. The van der Waals surface area contributed by atoms with Gasteiger partial charge in [0.05, 0.1) is 17.6 Å². The van der Waals surface area contributed by atoms with Crippen LogP contribution in [-0.4, -0.2) is 41.2 Å². The number of aliphatic hydroxyl groups excluding tert-OH is 2. The van der Waals surface area contributed by atoms with Crippen molar-refractivity contribution in [2.45, 2.75) is 18.3 Å². The Hall–Kier alpha value is -1.51. The second-order valence-electron chi connectivity index (χ2n) is 3.97. The lowest BCUT2D eigenvalue weighted by Crippen LogP contribution is -2.33. The minimum Gasteiger partial charge on any atom is -0.395 e. The highest BCUT2D eigenvalue weighted by molar-refractivity contribution is 7.92. The van der Waals surface area contributed by atoms with E-state index in [4.69, 9.17) is 5.11 Å². The minimum atomic E-state index is -3.62. The van der Waals surface area contributed by atoms with Crippen LogP contribution in [0, 0.1) is 10.1 Å². The Morgan fingerprint density at radius 2 is 1.84 bits per heavy atom. The molecule has 7 nitrogen and oxygen atoms in total. The van der Waals surface area contributed by atoms with Gasteiger partial charge in [0.15, 0.2) is 9.84 Å². The highest BCUT2D eigenvalue weighted by atomic mass is 32.2. The molecule has 2 atom stereocenters. The van der Waals surface area contributed by atoms with Crippen LogP contribution in [0.3, 0.4) is 0 Å². The quantitative estimate of drug-likeness (QED) is 0.579. The number of sulfone groups is 1. The van der Waals surface area contributed by atoms with Gasteiger partial charge in [0.2, 0.25) is 0 Å². The van der Waals surface area contributed by atoms with Crippen molar-refractivity contribution in [2.24, 2.45) is 0 Å². The van der Waals surface area contributed by atoms with Crippen LogP contribution in [0.2, 0.25) is 0 Å². The Kier molecular flexibility index (Phi) is 4.98.